The number of piperazine rings is 1. The van der Waals surface area contributed by atoms with Gasteiger partial charge in [-0.3, -0.25) is 4.79 Å². The molecule has 1 N–H and O–H groups in total. The third-order valence-corrected chi connectivity index (χ3v) is 6.71. The summed E-state index contributed by atoms with van der Waals surface area (Å²) in [5, 5.41) is 0. The number of carbonyl (C=O) groups excluding carboxylic acids is 1. The third-order valence-electron chi connectivity index (χ3n) is 5.29. The number of hydrogen-bond acceptors (Lipinski definition) is 4. The lowest BCUT2D eigenvalue weighted by molar-refractivity contribution is -0.130. The van der Waals surface area contributed by atoms with Crippen molar-refractivity contribution in [2.75, 3.05) is 37.6 Å². The Morgan fingerprint density at radius 2 is 1.61 bits per heavy atom. The SMILES string of the molecule is Cc1ccc(S(=O)(=O)NCC(=O)N2CCN(c3cccc(C)c3C)CC2)cc1. The maximum atomic E-state index is 12.5. The normalized spacial score (nSPS) is 15.0. The van der Waals surface area contributed by atoms with E-state index in [2.05, 4.69) is 41.7 Å². The van der Waals surface area contributed by atoms with Gasteiger partial charge in [-0.25, -0.2) is 13.1 Å². The maximum Gasteiger partial charge on any atom is 0.241 e. The maximum absolute atomic E-state index is 12.5. The molecule has 0 bridgehead atoms. The van der Waals surface area contributed by atoms with Gasteiger partial charge in [0.1, 0.15) is 0 Å². The fourth-order valence-corrected chi connectivity index (χ4v) is 4.32. The molecule has 28 heavy (non-hydrogen) atoms. The number of anilines is 1. The zero-order valence-electron chi connectivity index (χ0n) is 16.6. The van der Waals surface area contributed by atoms with E-state index in [1.807, 2.05) is 6.92 Å². The van der Waals surface area contributed by atoms with Crippen LogP contribution in [0.1, 0.15) is 16.7 Å². The molecule has 1 amide bonds. The van der Waals surface area contributed by atoms with Crippen molar-refractivity contribution in [2.24, 2.45) is 0 Å². The van der Waals surface area contributed by atoms with Gasteiger partial charge in [-0.05, 0) is 50.1 Å². The van der Waals surface area contributed by atoms with Gasteiger partial charge in [0.25, 0.3) is 0 Å². The molecule has 1 aliphatic heterocycles. The zero-order chi connectivity index (χ0) is 20.3. The van der Waals surface area contributed by atoms with E-state index in [-0.39, 0.29) is 17.3 Å². The van der Waals surface area contributed by atoms with Gasteiger partial charge in [0.15, 0.2) is 0 Å². The number of hydrogen-bond donors (Lipinski definition) is 1. The molecule has 0 spiro atoms. The van der Waals surface area contributed by atoms with Crippen LogP contribution in [-0.2, 0) is 14.8 Å². The van der Waals surface area contributed by atoms with Crippen LogP contribution in [-0.4, -0.2) is 51.9 Å². The predicted octanol–water partition coefficient (Wildman–Crippen LogP) is 2.24. The summed E-state index contributed by atoms with van der Waals surface area (Å²) < 4.78 is 27.1. The Bertz CT molecular complexity index is 947. The van der Waals surface area contributed by atoms with E-state index in [4.69, 9.17) is 0 Å². The molecular formula is C21H27N3O3S. The van der Waals surface area contributed by atoms with E-state index in [0.29, 0.717) is 13.1 Å². The first-order valence-electron chi connectivity index (χ1n) is 9.43. The van der Waals surface area contributed by atoms with Crippen molar-refractivity contribution in [3.05, 3.63) is 59.2 Å². The van der Waals surface area contributed by atoms with Crippen molar-refractivity contribution in [1.29, 1.82) is 0 Å². The summed E-state index contributed by atoms with van der Waals surface area (Å²) in [4.78, 5) is 16.6. The topological polar surface area (TPSA) is 69.7 Å². The molecule has 2 aromatic carbocycles. The number of carbonyl (C=O) groups is 1. The molecule has 1 saturated heterocycles. The summed E-state index contributed by atoms with van der Waals surface area (Å²) in [6.45, 7) is 8.52. The van der Waals surface area contributed by atoms with E-state index in [1.54, 1.807) is 29.2 Å². The minimum absolute atomic E-state index is 0.172. The smallest absolute Gasteiger partial charge is 0.241 e. The van der Waals surface area contributed by atoms with E-state index in [1.165, 1.54) is 16.8 Å². The van der Waals surface area contributed by atoms with Gasteiger partial charge in [0.05, 0.1) is 11.4 Å². The molecule has 150 valence electrons. The summed E-state index contributed by atoms with van der Waals surface area (Å²) >= 11 is 0. The molecule has 1 heterocycles. The highest BCUT2D eigenvalue weighted by Gasteiger charge is 2.24. The van der Waals surface area contributed by atoms with Crippen LogP contribution in [0.5, 0.6) is 0 Å². The number of benzene rings is 2. The summed E-state index contributed by atoms with van der Waals surface area (Å²) in [7, 11) is -3.68. The zero-order valence-corrected chi connectivity index (χ0v) is 17.4. The second kappa shape index (κ2) is 8.32. The van der Waals surface area contributed by atoms with Gasteiger partial charge in [0.2, 0.25) is 15.9 Å². The van der Waals surface area contributed by atoms with Crippen LogP contribution >= 0.6 is 0 Å². The first-order chi connectivity index (χ1) is 13.3. The van der Waals surface area contributed by atoms with Crippen LogP contribution in [0.15, 0.2) is 47.4 Å². The van der Waals surface area contributed by atoms with Crippen molar-refractivity contribution in [2.45, 2.75) is 25.7 Å². The molecule has 2 aromatic rings. The van der Waals surface area contributed by atoms with Gasteiger partial charge >= 0.3 is 0 Å². The molecule has 7 heteroatoms. The van der Waals surface area contributed by atoms with Gasteiger partial charge in [-0.15, -0.1) is 0 Å². The van der Waals surface area contributed by atoms with Crippen molar-refractivity contribution >= 4 is 21.6 Å². The van der Waals surface area contributed by atoms with E-state index in [9.17, 15) is 13.2 Å². The molecule has 3 rings (SSSR count). The van der Waals surface area contributed by atoms with Gasteiger partial charge in [-0.2, -0.15) is 0 Å². The highest BCUT2D eigenvalue weighted by molar-refractivity contribution is 7.89. The van der Waals surface area contributed by atoms with Gasteiger partial charge in [-0.1, -0.05) is 29.8 Å². The summed E-state index contributed by atoms with van der Waals surface area (Å²) in [6, 6.07) is 12.8. The molecular weight excluding hydrogens is 374 g/mol. The molecule has 1 aliphatic rings. The Hall–Kier alpha value is -2.38. The number of rotatable bonds is 5. The van der Waals surface area contributed by atoms with Crippen molar-refractivity contribution in [3.63, 3.8) is 0 Å². The molecule has 0 aromatic heterocycles. The lowest BCUT2D eigenvalue weighted by atomic mass is 10.1. The Morgan fingerprint density at radius 3 is 2.25 bits per heavy atom. The Kier molecular flexibility index (Phi) is 6.05. The van der Waals surface area contributed by atoms with Crippen LogP contribution in [0.2, 0.25) is 0 Å². The largest absolute Gasteiger partial charge is 0.368 e. The molecule has 0 radical (unpaired) electrons. The highest BCUT2D eigenvalue weighted by Crippen LogP contribution is 2.23. The highest BCUT2D eigenvalue weighted by atomic mass is 32.2. The Balaban J connectivity index is 1.55. The molecule has 1 fully saturated rings. The van der Waals surface area contributed by atoms with Crippen LogP contribution in [0.25, 0.3) is 0 Å². The molecule has 0 saturated carbocycles. The molecule has 6 nitrogen and oxygen atoms in total. The number of amides is 1. The standard InChI is InChI=1S/C21H27N3O3S/c1-16-7-9-19(10-8-16)28(26,27)22-15-21(25)24-13-11-23(12-14-24)20-6-4-5-17(2)18(20)3/h4-10,22H,11-15H2,1-3H3. The molecule has 0 aliphatic carbocycles. The quantitative estimate of drug-likeness (QED) is 0.834. The average molecular weight is 402 g/mol. The monoisotopic (exact) mass is 401 g/mol. The summed E-state index contributed by atoms with van der Waals surface area (Å²) in [5.41, 5.74) is 4.69. The van der Waals surface area contributed by atoms with Crippen LogP contribution in [0.3, 0.4) is 0 Å². The van der Waals surface area contributed by atoms with Crippen LogP contribution in [0, 0.1) is 20.8 Å². The van der Waals surface area contributed by atoms with Crippen LogP contribution < -0.4 is 9.62 Å². The number of sulfonamides is 1. The lowest BCUT2D eigenvalue weighted by Gasteiger charge is -2.37. The Labute approximate surface area is 167 Å². The first kappa shape index (κ1) is 20.4. The number of nitrogens with zero attached hydrogens (tertiary/aromatic N) is 2. The van der Waals surface area contributed by atoms with E-state index < -0.39 is 10.0 Å². The molecule has 0 unspecified atom stereocenters. The first-order valence-corrected chi connectivity index (χ1v) is 10.9. The van der Waals surface area contributed by atoms with Crippen molar-refractivity contribution in [3.8, 4) is 0 Å². The fourth-order valence-electron chi connectivity index (χ4n) is 3.34. The fraction of sp³-hybridized carbons (Fsp3) is 0.381. The van der Waals surface area contributed by atoms with Crippen LogP contribution in [0.4, 0.5) is 5.69 Å². The number of aryl methyl sites for hydroxylation is 2. The van der Waals surface area contributed by atoms with Crippen molar-refractivity contribution < 1.29 is 13.2 Å². The van der Waals surface area contributed by atoms with Gasteiger partial charge < -0.3 is 9.80 Å². The van der Waals surface area contributed by atoms with Crippen molar-refractivity contribution in [1.82, 2.24) is 9.62 Å². The van der Waals surface area contributed by atoms with E-state index >= 15 is 0 Å². The Morgan fingerprint density at radius 1 is 0.964 bits per heavy atom. The average Bonchev–Trinajstić information content (AvgIpc) is 2.69. The second-order valence-corrected chi connectivity index (χ2v) is 8.99. The predicted molar refractivity (Wildman–Crippen MR) is 111 cm³/mol. The minimum atomic E-state index is -3.68. The third kappa shape index (κ3) is 4.54. The molecule has 0 atom stereocenters. The van der Waals surface area contributed by atoms with Gasteiger partial charge in [0, 0.05) is 31.9 Å². The number of nitrogens with one attached hydrogen (secondary N) is 1. The summed E-state index contributed by atoms with van der Waals surface area (Å²) in [6.07, 6.45) is 0. The minimum Gasteiger partial charge on any atom is -0.368 e. The van der Waals surface area contributed by atoms with E-state index in [0.717, 1.165) is 18.7 Å². The lowest BCUT2D eigenvalue weighted by Crippen LogP contribution is -2.51. The second-order valence-electron chi connectivity index (χ2n) is 7.22. The summed E-state index contributed by atoms with van der Waals surface area (Å²) in [5.74, 6) is -0.198.